The van der Waals surface area contributed by atoms with Crippen molar-refractivity contribution in [2.75, 3.05) is 0 Å². The van der Waals surface area contributed by atoms with Crippen molar-refractivity contribution < 1.29 is 0 Å². The van der Waals surface area contributed by atoms with Crippen LogP contribution in [0.5, 0.6) is 0 Å². The summed E-state index contributed by atoms with van der Waals surface area (Å²) in [5, 5.41) is 0. The second-order valence-electron chi connectivity index (χ2n) is 10.5. The Hall–Kier alpha value is -0.520. The molecular weight excluding hydrogens is 276 g/mol. The van der Waals surface area contributed by atoms with E-state index in [4.69, 9.17) is 0 Å². The van der Waals surface area contributed by atoms with Crippen LogP contribution in [-0.2, 0) is 0 Å². The Balaban J connectivity index is 1.74. The Morgan fingerprint density at radius 1 is 1.04 bits per heavy atom. The maximum Gasteiger partial charge on any atom is -0.0163 e. The number of hydrogen-bond acceptors (Lipinski definition) is 0. The molecule has 3 saturated carbocycles. The average molecular weight is 313 g/mol. The highest BCUT2D eigenvalue weighted by Gasteiger charge is 2.62. The van der Waals surface area contributed by atoms with Crippen molar-refractivity contribution in [3.8, 4) is 0 Å². The molecule has 23 heavy (non-hydrogen) atoms. The lowest BCUT2D eigenvalue weighted by Crippen LogP contribution is -2.53. The summed E-state index contributed by atoms with van der Waals surface area (Å²) in [6.07, 6.45) is 10.9. The summed E-state index contributed by atoms with van der Waals surface area (Å²) in [4.78, 5) is 0. The Kier molecular flexibility index (Phi) is 3.47. The molecule has 0 nitrogen and oxygen atoms in total. The van der Waals surface area contributed by atoms with Crippen LogP contribution in [0.2, 0.25) is 0 Å². The minimum Gasteiger partial charge on any atom is -0.0958 e. The molecule has 0 radical (unpaired) electrons. The summed E-state index contributed by atoms with van der Waals surface area (Å²) in [6.45, 7) is 17.2. The van der Waals surface area contributed by atoms with Crippen molar-refractivity contribution in [3.63, 3.8) is 0 Å². The van der Waals surface area contributed by atoms with Crippen molar-refractivity contribution in [1.29, 1.82) is 0 Å². The van der Waals surface area contributed by atoms with Crippen LogP contribution < -0.4 is 0 Å². The second-order valence-corrected chi connectivity index (χ2v) is 10.5. The van der Waals surface area contributed by atoms with Crippen molar-refractivity contribution >= 4 is 0 Å². The summed E-state index contributed by atoms with van der Waals surface area (Å²) < 4.78 is 0. The largest absolute Gasteiger partial charge is 0.0958 e. The average Bonchev–Trinajstić information content (AvgIpc) is 2.68. The number of hydrogen-bond donors (Lipinski definition) is 0. The molecule has 4 rings (SSSR count). The third-order valence-corrected chi connectivity index (χ3v) is 9.08. The zero-order valence-electron chi connectivity index (χ0n) is 16.0. The Morgan fingerprint density at radius 2 is 1.78 bits per heavy atom. The summed E-state index contributed by atoms with van der Waals surface area (Å²) in [6, 6.07) is 0. The lowest BCUT2D eigenvalue weighted by atomic mass is 9.45. The fourth-order valence-corrected chi connectivity index (χ4v) is 7.69. The van der Waals surface area contributed by atoms with E-state index in [1.165, 1.54) is 44.1 Å². The van der Waals surface area contributed by atoms with Crippen LogP contribution in [0.1, 0.15) is 73.1 Å². The van der Waals surface area contributed by atoms with Crippen LogP contribution in [0.3, 0.4) is 0 Å². The third-order valence-electron chi connectivity index (χ3n) is 9.08. The molecule has 0 bridgehead atoms. The van der Waals surface area contributed by atoms with Crippen molar-refractivity contribution in [2.24, 2.45) is 46.3 Å². The van der Waals surface area contributed by atoms with Crippen molar-refractivity contribution in [3.05, 3.63) is 23.8 Å². The van der Waals surface area contributed by atoms with Gasteiger partial charge in [0.25, 0.3) is 0 Å². The molecule has 0 amide bonds. The fraction of sp³-hybridized carbons (Fsp3) is 0.826. The molecule has 4 aliphatic rings. The van der Waals surface area contributed by atoms with E-state index in [9.17, 15) is 0 Å². The molecule has 0 aromatic heterocycles. The van der Waals surface area contributed by atoms with E-state index in [1.807, 2.05) is 0 Å². The number of fused-ring (bicyclic) bond motifs is 5. The smallest absolute Gasteiger partial charge is 0.0163 e. The monoisotopic (exact) mass is 312 g/mol. The molecule has 0 saturated heterocycles. The van der Waals surface area contributed by atoms with Crippen LogP contribution in [0, 0.1) is 46.3 Å². The van der Waals surface area contributed by atoms with Gasteiger partial charge in [-0.2, -0.15) is 0 Å². The van der Waals surface area contributed by atoms with Crippen LogP contribution in [0.15, 0.2) is 23.8 Å². The van der Waals surface area contributed by atoms with E-state index in [-0.39, 0.29) is 0 Å². The molecule has 0 heterocycles. The molecular formula is C23H36. The summed E-state index contributed by atoms with van der Waals surface area (Å²) >= 11 is 0. The highest BCUT2D eigenvalue weighted by Crippen LogP contribution is 2.69. The Labute approximate surface area is 143 Å². The van der Waals surface area contributed by atoms with Gasteiger partial charge in [-0.25, -0.2) is 0 Å². The summed E-state index contributed by atoms with van der Waals surface area (Å²) in [7, 11) is 0. The minimum atomic E-state index is 0.535. The van der Waals surface area contributed by atoms with Crippen LogP contribution in [0.4, 0.5) is 0 Å². The van der Waals surface area contributed by atoms with Crippen LogP contribution in [0.25, 0.3) is 0 Å². The molecule has 128 valence electrons. The molecule has 3 fully saturated rings. The van der Waals surface area contributed by atoms with Gasteiger partial charge in [0.1, 0.15) is 0 Å². The zero-order chi connectivity index (χ0) is 16.6. The maximum absolute atomic E-state index is 4.26. The van der Waals surface area contributed by atoms with Gasteiger partial charge in [-0.15, -0.1) is 0 Å². The van der Waals surface area contributed by atoms with Gasteiger partial charge in [0, 0.05) is 0 Å². The maximum atomic E-state index is 4.26. The Bertz CT molecular complexity index is 550. The summed E-state index contributed by atoms with van der Waals surface area (Å²) in [5.74, 6) is 5.53. The molecule has 0 spiro atoms. The predicted molar refractivity (Wildman–Crippen MR) is 99.1 cm³/mol. The highest BCUT2D eigenvalue weighted by molar-refractivity contribution is 5.30. The molecule has 0 aromatic carbocycles. The molecule has 0 N–H and O–H groups in total. The normalized spacial score (nSPS) is 51.5. The van der Waals surface area contributed by atoms with E-state index < -0.39 is 0 Å². The van der Waals surface area contributed by atoms with Gasteiger partial charge in [-0.1, -0.05) is 58.4 Å². The van der Waals surface area contributed by atoms with Gasteiger partial charge >= 0.3 is 0 Å². The van der Waals surface area contributed by atoms with E-state index in [0.717, 1.165) is 35.5 Å². The Morgan fingerprint density at radius 3 is 2.52 bits per heavy atom. The quantitative estimate of drug-likeness (QED) is 0.470. The highest BCUT2D eigenvalue weighted by atomic mass is 14.7. The second kappa shape index (κ2) is 4.99. The first-order valence-corrected chi connectivity index (χ1v) is 10.1. The fourth-order valence-electron chi connectivity index (χ4n) is 7.69. The zero-order valence-corrected chi connectivity index (χ0v) is 16.0. The van der Waals surface area contributed by atoms with Crippen LogP contribution >= 0.6 is 0 Å². The van der Waals surface area contributed by atoms with Gasteiger partial charge in [0.15, 0.2) is 0 Å². The van der Waals surface area contributed by atoms with Crippen LogP contribution in [-0.4, -0.2) is 0 Å². The molecule has 4 aliphatic carbocycles. The van der Waals surface area contributed by atoms with E-state index in [1.54, 1.807) is 5.57 Å². The molecule has 0 aliphatic heterocycles. The van der Waals surface area contributed by atoms with E-state index in [2.05, 4.69) is 47.3 Å². The number of rotatable bonds is 0. The minimum absolute atomic E-state index is 0.535. The lowest BCUT2D eigenvalue weighted by molar-refractivity contribution is -0.0957. The first-order valence-electron chi connectivity index (χ1n) is 10.1. The SMILES string of the molecule is C=C1C=C2CC(C)C3C(C(C)CC4(C)C3CCC4(C)C)C2CC1. The van der Waals surface area contributed by atoms with E-state index >= 15 is 0 Å². The van der Waals surface area contributed by atoms with E-state index in [0.29, 0.717) is 10.8 Å². The first kappa shape index (κ1) is 16.0. The molecule has 0 aromatic rings. The predicted octanol–water partition coefficient (Wildman–Crippen LogP) is 6.63. The van der Waals surface area contributed by atoms with Gasteiger partial charge in [0.05, 0.1) is 0 Å². The third kappa shape index (κ3) is 2.09. The standard InChI is InChI=1S/C23H36/c1-14-7-8-18-17(11-14)12-15(2)21-19-9-10-22(4,5)23(19,6)13-16(3)20(18)21/h11,15-16,18-21H,1,7-10,12-13H2,2-6H3. The summed E-state index contributed by atoms with van der Waals surface area (Å²) in [5.41, 5.74) is 4.26. The number of allylic oxidation sites excluding steroid dienone is 3. The topological polar surface area (TPSA) is 0 Å². The van der Waals surface area contributed by atoms with Gasteiger partial charge in [-0.3, -0.25) is 0 Å². The molecule has 0 heteroatoms. The molecule has 7 atom stereocenters. The lowest BCUT2D eigenvalue weighted by Gasteiger charge is -2.60. The van der Waals surface area contributed by atoms with Gasteiger partial charge in [-0.05, 0) is 84.9 Å². The molecule has 7 unspecified atom stereocenters. The van der Waals surface area contributed by atoms with Crippen molar-refractivity contribution in [2.45, 2.75) is 73.1 Å². The first-order chi connectivity index (χ1) is 10.7. The van der Waals surface area contributed by atoms with Gasteiger partial charge in [0.2, 0.25) is 0 Å². The van der Waals surface area contributed by atoms with Crippen molar-refractivity contribution in [1.82, 2.24) is 0 Å². The van der Waals surface area contributed by atoms with Gasteiger partial charge < -0.3 is 0 Å².